The van der Waals surface area contributed by atoms with Gasteiger partial charge in [-0.25, -0.2) is 14.4 Å². The molecule has 3 saturated heterocycles. The van der Waals surface area contributed by atoms with Crippen molar-refractivity contribution in [3.8, 4) is 0 Å². The molecule has 686 valence electrons. The Morgan fingerprint density at radius 1 is 0.372 bits per heavy atom. The molecule has 3 aliphatic heterocycles. The van der Waals surface area contributed by atoms with Crippen molar-refractivity contribution in [3.05, 3.63) is 35.4 Å². The lowest BCUT2D eigenvalue weighted by Gasteiger charge is -2.30. The number of hydrogen-bond acceptors (Lipinski definition) is 30. The highest BCUT2D eigenvalue weighted by Crippen LogP contribution is 2.39. The number of esters is 19. The van der Waals surface area contributed by atoms with Gasteiger partial charge in [-0.15, -0.1) is 0 Å². The minimum Gasteiger partial charge on any atom is -0.462 e. The van der Waals surface area contributed by atoms with Crippen molar-refractivity contribution < 1.29 is 143 Å². The molecule has 2 aliphatic carbocycles. The van der Waals surface area contributed by atoms with Gasteiger partial charge in [0, 0.05) is 20.3 Å². The summed E-state index contributed by atoms with van der Waals surface area (Å²) in [5, 5.41) is 0. The Morgan fingerprint density at radius 2 is 0.744 bits per heavy atom. The first-order chi connectivity index (χ1) is 55.2. The minimum absolute atomic E-state index is 0.0506. The van der Waals surface area contributed by atoms with Gasteiger partial charge in [-0.1, -0.05) is 114 Å². The Hall–Kier alpha value is -9.25. The molecule has 30 nitrogen and oxygen atoms in total. The fourth-order valence-corrected chi connectivity index (χ4v) is 9.27. The summed E-state index contributed by atoms with van der Waals surface area (Å²) < 4.78 is 52.1. The second-order valence-electron chi connectivity index (χ2n) is 37.0. The van der Waals surface area contributed by atoms with Crippen LogP contribution in [-0.2, 0) is 144 Å². The zero-order chi connectivity index (χ0) is 94.7. The molecule has 30 heteroatoms. The third-order valence-corrected chi connectivity index (χ3v) is 22.2. The molecule has 5 unspecified atom stereocenters. The highest BCUT2D eigenvalue weighted by atomic mass is 16.6. The number of fused-ring (bicyclic) bond motifs is 1. The van der Waals surface area contributed by atoms with Crippen molar-refractivity contribution in [1.82, 2.24) is 0 Å². The Morgan fingerprint density at radius 3 is 1.12 bits per heavy atom. The van der Waals surface area contributed by atoms with E-state index in [4.69, 9.17) is 23.7 Å². The lowest BCUT2D eigenvalue weighted by molar-refractivity contribution is -0.183. The summed E-state index contributed by atoms with van der Waals surface area (Å²) >= 11 is 0. The van der Waals surface area contributed by atoms with Gasteiger partial charge in [0.1, 0.15) is 6.10 Å². The SMILES string of the molecule is CCC(C)(C)C(=O)OC(=O)C(C)(C)C.CCC(C)(C)C(=O)OC(=O)C(C)C.CCC(C)(C)C(=O)OC(=O)C1CCCCC1.CCC(C)(C)C(=O)OC(C)=O.CCC(C)(C)C(=O)OC1CC(=O)OC1=O.CCC(C)(C)C(=O)OC1CCC(=O)OC1=O.CCC(C)(C)C(=O)OC1CCC2C(=O)OC(=O)C2C1.CCC(C)(C)c1ccc(C(=O)OC(C)=O)cc1. The molecule has 1 aromatic carbocycles. The van der Waals surface area contributed by atoms with E-state index in [1.165, 1.54) is 25.8 Å². The lowest BCUT2D eigenvalue weighted by Crippen LogP contribution is -2.39. The van der Waals surface area contributed by atoms with Gasteiger partial charge in [0.05, 0.1) is 85.4 Å². The number of benzene rings is 1. The second-order valence-corrected chi connectivity index (χ2v) is 37.0. The number of ether oxygens (including phenoxy) is 11. The van der Waals surface area contributed by atoms with Crippen LogP contribution in [0, 0.1) is 67.0 Å². The molecule has 5 atom stereocenters. The number of rotatable bonds is 22. The van der Waals surface area contributed by atoms with Crippen LogP contribution in [0.5, 0.6) is 0 Å². The summed E-state index contributed by atoms with van der Waals surface area (Å²) in [6, 6.07) is 7.19. The van der Waals surface area contributed by atoms with Crippen molar-refractivity contribution in [2.24, 2.45) is 67.0 Å². The maximum absolute atomic E-state index is 12.0. The summed E-state index contributed by atoms with van der Waals surface area (Å²) in [4.78, 5) is 214. The maximum Gasteiger partial charge on any atom is 0.355 e. The monoisotopic (exact) mass is 1710 g/mol. The van der Waals surface area contributed by atoms with Gasteiger partial charge in [0.25, 0.3) is 0 Å². The molecule has 5 aliphatic rings. The molecule has 1 aromatic rings. The molecular formula is C91H142O30. The third-order valence-electron chi connectivity index (χ3n) is 22.2. The van der Waals surface area contributed by atoms with Crippen LogP contribution in [0.25, 0.3) is 0 Å². The molecule has 6 rings (SSSR count). The summed E-state index contributed by atoms with van der Waals surface area (Å²) in [6.45, 7) is 55.5. The first kappa shape index (κ1) is 114. The van der Waals surface area contributed by atoms with Crippen LogP contribution < -0.4 is 0 Å². The van der Waals surface area contributed by atoms with Crippen LogP contribution in [0.15, 0.2) is 24.3 Å². The lowest BCUT2D eigenvalue weighted by atomic mass is 9.79. The van der Waals surface area contributed by atoms with Crippen molar-refractivity contribution in [3.63, 3.8) is 0 Å². The summed E-state index contributed by atoms with van der Waals surface area (Å²) in [7, 11) is 0. The van der Waals surface area contributed by atoms with Crippen LogP contribution in [0.3, 0.4) is 0 Å². The topological polar surface area (TPSA) is 426 Å². The molecule has 0 bridgehead atoms. The third kappa shape index (κ3) is 40.1. The predicted octanol–water partition coefficient (Wildman–Crippen LogP) is 16.2. The Bertz CT molecular complexity index is 3750. The minimum atomic E-state index is -1.06. The fraction of sp³-hybridized carbons (Fsp3) is 0.725. The molecule has 121 heavy (non-hydrogen) atoms. The normalized spacial score (nSPS) is 18.0. The van der Waals surface area contributed by atoms with Crippen LogP contribution in [0.2, 0.25) is 0 Å². The van der Waals surface area contributed by atoms with Crippen molar-refractivity contribution in [2.75, 3.05) is 0 Å². The fourth-order valence-electron chi connectivity index (χ4n) is 9.27. The molecule has 0 amide bonds. The molecule has 0 N–H and O–H groups in total. The number of hydrogen-bond donors (Lipinski definition) is 0. The number of carbonyl (C=O) groups is 19. The summed E-state index contributed by atoms with van der Waals surface area (Å²) in [5.74, 6) is -10.6. The maximum atomic E-state index is 12.0. The molecule has 2 saturated carbocycles. The van der Waals surface area contributed by atoms with Crippen molar-refractivity contribution in [2.45, 2.75) is 360 Å². The molecule has 0 aromatic heterocycles. The van der Waals surface area contributed by atoms with E-state index in [2.05, 4.69) is 49.2 Å². The molecule has 0 spiro atoms. The average Bonchev–Trinajstić information content (AvgIpc) is 1.66. The van der Waals surface area contributed by atoms with Gasteiger partial charge >= 0.3 is 113 Å². The molecule has 3 heterocycles. The Labute approximate surface area is 716 Å². The van der Waals surface area contributed by atoms with Gasteiger partial charge < -0.3 is 52.1 Å². The van der Waals surface area contributed by atoms with E-state index in [1.807, 2.05) is 88.3 Å². The van der Waals surface area contributed by atoms with Crippen LogP contribution >= 0.6 is 0 Å². The van der Waals surface area contributed by atoms with E-state index in [1.54, 1.807) is 116 Å². The van der Waals surface area contributed by atoms with Gasteiger partial charge in [0.2, 0.25) is 6.10 Å². The first-order valence-electron chi connectivity index (χ1n) is 42.0. The zero-order valence-corrected chi connectivity index (χ0v) is 78.0. The molecular weight excluding hydrogens is 1570 g/mol. The van der Waals surface area contributed by atoms with Crippen LogP contribution in [0.1, 0.15) is 353 Å². The highest BCUT2D eigenvalue weighted by Gasteiger charge is 2.49. The van der Waals surface area contributed by atoms with Crippen LogP contribution in [0.4, 0.5) is 0 Å². The smallest absolute Gasteiger partial charge is 0.355 e. The molecule has 5 fully saturated rings. The number of carbonyl (C=O) groups excluding carboxylic acids is 19. The Balaban J connectivity index is 0. The van der Waals surface area contributed by atoms with E-state index in [0.29, 0.717) is 69.8 Å². The van der Waals surface area contributed by atoms with Crippen LogP contribution in [-0.4, -0.2) is 132 Å². The van der Waals surface area contributed by atoms with Gasteiger partial charge in [-0.2, -0.15) is 0 Å². The Kier molecular flexibility index (Phi) is 47.4. The molecule has 0 radical (unpaired) electrons. The zero-order valence-electron chi connectivity index (χ0n) is 78.0. The quantitative estimate of drug-likeness (QED) is 0.0591. The van der Waals surface area contributed by atoms with E-state index in [0.717, 1.165) is 32.1 Å². The van der Waals surface area contributed by atoms with Gasteiger partial charge in [-0.3, -0.25) is 76.7 Å². The largest absolute Gasteiger partial charge is 0.462 e. The van der Waals surface area contributed by atoms with E-state index < -0.39 is 157 Å². The van der Waals surface area contributed by atoms with E-state index in [-0.39, 0.29) is 66.4 Å². The summed E-state index contributed by atoms with van der Waals surface area (Å²) in [5.41, 5.74) is -3.00. The van der Waals surface area contributed by atoms with Gasteiger partial charge in [0.15, 0.2) is 6.10 Å². The van der Waals surface area contributed by atoms with Crippen molar-refractivity contribution in [1.29, 1.82) is 0 Å². The van der Waals surface area contributed by atoms with E-state index >= 15 is 0 Å². The van der Waals surface area contributed by atoms with Gasteiger partial charge in [-0.05, 0) is 224 Å². The van der Waals surface area contributed by atoms with E-state index in [9.17, 15) is 91.1 Å². The number of cyclic esters (lactones) is 6. The van der Waals surface area contributed by atoms with Crippen molar-refractivity contribution >= 4 is 113 Å². The first-order valence-corrected chi connectivity index (χ1v) is 42.0. The summed E-state index contributed by atoms with van der Waals surface area (Å²) in [6.07, 6.45) is 10.1. The standard InChI is InChI=1S/C14H20O5.C14H18O3.C13H22O3.C11H16O5.C11H20O3.C10H14O5.C10H18O3.C8H14O3/c1-4-14(2,3)13(17)18-8-5-6-9-10(7-8)12(16)19-11(9)15;1-5-14(3,4)12-8-6-11(7-9-12)13(16)17-10(2)15;1-4-13(2,3)12(15)16-11(14)10-8-6-5-7-9-10;1-4-11(2,3)10(14)15-7-5-6-8(12)16-9(7)13;1-7-11(5,6)9(13)14-8(12)10(2,3)4;1-4-10(2,3)9(13)14-6-5-7(11)15-8(6)12;1-6-10(4,5)9(12)13-8(11)7(2)3;1-5-8(3,4)7(10)11-6(2)9/h8-10H,4-7H2,1-3H3;6-9H,5H2,1-4H3;10H,4-9H2,1-3H3;7H,4-6H2,1-3H3;7H2,1-6H3;6H,4-5H2,1-3H3;7H,6H2,1-5H3;5H2,1-4H3. The average molecular weight is 1720 g/mol. The highest BCUT2D eigenvalue weighted by molar-refractivity contribution is 5.99. The predicted molar refractivity (Wildman–Crippen MR) is 443 cm³/mol. The second kappa shape index (κ2) is 50.4.